The number of cyclic esters (lactones) is 1. The van der Waals surface area contributed by atoms with Gasteiger partial charge in [-0.1, -0.05) is 18.2 Å². The third-order valence-electron chi connectivity index (χ3n) is 4.22. The van der Waals surface area contributed by atoms with Gasteiger partial charge in [-0.25, -0.2) is 9.59 Å². The van der Waals surface area contributed by atoms with E-state index in [1.165, 1.54) is 0 Å². The molecular weight excluding hydrogens is 334 g/mol. The van der Waals surface area contributed by atoms with Crippen molar-refractivity contribution in [3.8, 4) is 0 Å². The Morgan fingerprint density at radius 1 is 1.15 bits per heavy atom. The summed E-state index contributed by atoms with van der Waals surface area (Å²) in [4.78, 5) is 36.5. The molecule has 0 aliphatic carbocycles. The van der Waals surface area contributed by atoms with Gasteiger partial charge in [0, 0.05) is 12.1 Å². The highest BCUT2D eigenvalue weighted by molar-refractivity contribution is 6.02. The summed E-state index contributed by atoms with van der Waals surface area (Å²) in [7, 11) is 0. The van der Waals surface area contributed by atoms with E-state index in [2.05, 4.69) is 5.32 Å². The van der Waals surface area contributed by atoms with Crippen LogP contribution in [0.15, 0.2) is 48.5 Å². The molecule has 0 radical (unpaired) electrons. The number of esters is 2. The van der Waals surface area contributed by atoms with Gasteiger partial charge in [0.25, 0.3) is 5.91 Å². The average molecular weight is 353 g/mol. The van der Waals surface area contributed by atoms with E-state index in [-0.39, 0.29) is 0 Å². The predicted octanol–water partition coefficient (Wildman–Crippen LogP) is 2.97. The molecule has 3 rings (SSSR count). The van der Waals surface area contributed by atoms with Crippen molar-refractivity contribution in [2.75, 3.05) is 11.9 Å². The molecule has 0 aromatic heterocycles. The third kappa shape index (κ3) is 3.44. The number of fused-ring (bicyclic) bond motifs is 1. The van der Waals surface area contributed by atoms with E-state index in [9.17, 15) is 14.4 Å². The van der Waals surface area contributed by atoms with Crippen LogP contribution in [-0.4, -0.2) is 30.1 Å². The molecule has 1 amide bonds. The number of nitrogens with one attached hydrogen (secondary N) is 1. The van der Waals surface area contributed by atoms with Crippen LogP contribution in [0.3, 0.4) is 0 Å². The highest BCUT2D eigenvalue weighted by atomic mass is 16.6. The van der Waals surface area contributed by atoms with Crippen molar-refractivity contribution in [2.24, 2.45) is 0 Å². The maximum absolute atomic E-state index is 12.7. The molecule has 0 spiro atoms. The molecule has 1 atom stereocenters. The standard InChI is InChI=1S/C20H19NO5/c1-3-25-17(22)13-8-10-15(11-9-13)21-19(24)20(2)12-14-6-4-5-7-16(14)18(23)26-20/h4-11H,3,12H2,1-2H3,(H,21,24)/t20-/m0/s1. The van der Waals surface area contributed by atoms with Gasteiger partial charge in [-0.2, -0.15) is 0 Å². The Kier molecular flexibility index (Phi) is 4.75. The van der Waals surface area contributed by atoms with E-state index in [1.807, 2.05) is 12.1 Å². The van der Waals surface area contributed by atoms with E-state index in [4.69, 9.17) is 9.47 Å². The molecule has 0 bridgehead atoms. The lowest BCUT2D eigenvalue weighted by Gasteiger charge is -2.33. The molecule has 0 fully saturated rings. The van der Waals surface area contributed by atoms with Crippen LogP contribution in [-0.2, 0) is 20.7 Å². The molecule has 2 aromatic rings. The van der Waals surface area contributed by atoms with Gasteiger partial charge in [-0.05, 0) is 49.7 Å². The number of anilines is 1. The maximum Gasteiger partial charge on any atom is 0.339 e. The molecule has 1 aliphatic rings. The molecule has 0 saturated heterocycles. The Labute approximate surface area is 151 Å². The molecule has 6 nitrogen and oxygen atoms in total. The highest BCUT2D eigenvalue weighted by Crippen LogP contribution is 2.29. The summed E-state index contributed by atoms with van der Waals surface area (Å²) in [6.07, 6.45) is 0.293. The van der Waals surface area contributed by atoms with Gasteiger partial charge in [0.1, 0.15) is 0 Å². The second-order valence-electron chi connectivity index (χ2n) is 6.21. The van der Waals surface area contributed by atoms with E-state index in [1.54, 1.807) is 50.2 Å². The first-order valence-electron chi connectivity index (χ1n) is 8.33. The first-order chi connectivity index (χ1) is 12.4. The third-order valence-corrected chi connectivity index (χ3v) is 4.22. The van der Waals surface area contributed by atoms with E-state index in [0.717, 1.165) is 5.56 Å². The lowest BCUT2D eigenvalue weighted by molar-refractivity contribution is -0.134. The van der Waals surface area contributed by atoms with E-state index >= 15 is 0 Å². The zero-order chi connectivity index (χ0) is 18.7. The quantitative estimate of drug-likeness (QED) is 0.855. The summed E-state index contributed by atoms with van der Waals surface area (Å²) in [6, 6.07) is 13.4. The Bertz CT molecular complexity index is 859. The Balaban J connectivity index is 1.74. The van der Waals surface area contributed by atoms with Crippen LogP contribution in [0.25, 0.3) is 0 Å². The van der Waals surface area contributed by atoms with E-state index < -0.39 is 23.4 Å². The summed E-state index contributed by atoms with van der Waals surface area (Å²) >= 11 is 0. The molecule has 1 aliphatic heterocycles. The average Bonchev–Trinajstić information content (AvgIpc) is 2.62. The van der Waals surface area contributed by atoms with Gasteiger partial charge in [-0.3, -0.25) is 4.79 Å². The lowest BCUT2D eigenvalue weighted by atomic mass is 9.89. The van der Waals surface area contributed by atoms with Crippen molar-refractivity contribution < 1.29 is 23.9 Å². The SMILES string of the molecule is CCOC(=O)c1ccc(NC(=O)[C@]2(C)Cc3ccccc3C(=O)O2)cc1. The zero-order valence-corrected chi connectivity index (χ0v) is 14.6. The van der Waals surface area contributed by atoms with Crippen molar-refractivity contribution in [2.45, 2.75) is 25.9 Å². The normalized spacial score (nSPS) is 18.5. The molecule has 1 N–H and O–H groups in total. The lowest BCUT2D eigenvalue weighted by Crippen LogP contribution is -2.48. The topological polar surface area (TPSA) is 81.7 Å². The number of carbonyl (C=O) groups is 3. The number of amides is 1. The molecule has 134 valence electrons. The molecular formula is C20H19NO5. The van der Waals surface area contributed by atoms with Crippen molar-refractivity contribution in [1.29, 1.82) is 0 Å². The van der Waals surface area contributed by atoms with Gasteiger partial charge in [0.15, 0.2) is 5.60 Å². The fourth-order valence-corrected chi connectivity index (χ4v) is 2.83. The summed E-state index contributed by atoms with van der Waals surface area (Å²) in [5.74, 6) is -1.36. The zero-order valence-electron chi connectivity index (χ0n) is 14.6. The van der Waals surface area contributed by atoms with Gasteiger partial charge < -0.3 is 14.8 Å². The van der Waals surface area contributed by atoms with Gasteiger partial charge >= 0.3 is 11.9 Å². The van der Waals surface area contributed by atoms with Crippen LogP contribution in [0.4, 0.5) is 5.69 Å². The van der Waals surface area contributed by atoms with Crippen molar-refractivity contribution in [3.05, 3.63) is 65.2 Å². The van der Waals surface area contributed by atoms with Crippen LogP contribution in [0.1, 0.15) is 40.1 Å². The van der Waals surface area contributed by atoms with Crippen LogP contribution in [0.2, 0.25) is 0 Å². The number of ether oxygens (including phenoxy) is 2. The summed E-state index contributed by atoms with van der Waals surface area (Å²) in [5.41, 5.74) is 0.856. The maximum atomic E-state index is 12.7. The number of benzene rings is 2. The Morgan fingerprint density at radius 2 is 1.85 bits per heavy atom. The van der Waals surface area contributed by atoms with Gasteiger partial charge in [0.05, 0.1) is 17.7 Å². The van der Waals surface area contributed by atoms with Crippen molar-refractivity contribution >= 4 is 23.5 Å². The first kappa shape index (κ1) is 17.7. The van der Waals surface area contributed by atoms with Gasteiger partial charge in [0.2, 0.25) is 0 Å². The van der Waals surface area contributed by atoms with Crippen LogP contribution in [0.5, 0.6) is 0 Å². The fourth-order valence-electron chi connectivity index (χ4n) is 2.83. The first-order valence-corrected chi connectivity index (χ1v) is 8.33. The van der Waals surface area contributed by atoms with Crippen LogP contribution >= 0.6 is 0 Å². The minimum absolute atomic E-state index is 0.293. The monoisotopic (exact) mass is 353 g/mol. The second-order valence-corrected chi connectivity index (χ2v) is 6.21. The molecule has 1 heterocycles. The minimum atomic E-state index is -1.30. The smallest absolute Gasteiger partial charge is 0.339 e. The largest absolute Gasteiger partial charge is 0.462 e. The van der Waals surface area contributed by atoms with E-state index in [0.29, 0.717) is 29.8 Å². The molecule has 6 heteroatoms. The molecule has 0 unspecified atom stereocenters. The van der Waals surface area contributed by atoms with Crippen molar-refractivity contribution in [3.63, 3.8) is 0 Å². The van der Waals surface area contributed by atoms with Gasteiger partial charge in [-0.15, -0.1) is 0 Å². The predicted molar refractivity (Wildman–Crippen MR) is 95.0 cm³/mol. The summed E-state index contributed by atoms with van der Waals surface area (Å²) < 4.78 is 10.3. The Morgan fingerprint density at radius 3 is 2.54 bits per heavy atom. The fraction of sp³-hybridized carbons (Fsp3) is 0.250. The number of hydrogen-bond acceptors (Lipinski definition) is 5. The summed E-state index contributed by atoms with van der Waals surface area (Å²) in [6.45, 7) is 3.61. The van der Waals surface area contributed by atoms with Crippen LogP contribution < -0.4 is 5.32 Å². The second kappa shape index (κ2) is 7.00. The number of rotatable bonds is 4. The highest BCUT2D eigenvalue weighted by Gasteiger charge is 2.42. The molecule has 2 aromatic carbocycles. The van der Waals surface area contributed by atoms with Crippen LogP contribution in [0, 0.1) is 0 Å². The summed E-state index contributed by atoms with van der Waals surface area (Å²) in [5, 5.41) is 2.73. The molecule has 0 saturated carbocycles. The minimum Gasteiger partial charge on any atom is -0.462 e. The Hall–Kier alpha value is -3.15. The molecule has 26 heavy (non-hydrogen) atoms. The number of hydrogen-bond donors (Lipinski definition) is 1. The van der Waals surface area contributed by atoms with Crippen molar-refractivity contribution in [1.82, 2.24) is 0 Å². The number of carbonyl (C=O) groups excluding carboxylic acids is 3.